The first-order valence-electron chi connectivity index (χ1n) is 5.47. The van der Waals surface area contributed by atoms with Crippen LogP contribution in [0.3, 0.4) is 0 Å². The van der Waals surface area contributed by atoms with Crippen LogP contribution in [0, 0.1) is 11.8 Å². The van der Waals surface area contributed by atoms with Gasteiger partial charge in [-0.25, -0.2) is 0 Å². The van der Waals surface area contributed by atoms with Crippen molar-refractivity contribution in [2.45, 2.75) is 19.8 Å². The molecule has 2 heteroatoms. The minimum Gasteiger partial charge on any atom is -0.493 e. The Labute approximate surface area is 90.3 Å². The summed E-state index contributed by atoms with van der Waals surface area (Å²) < 4.78 is 5.66. The van der Waals surface area contributed by atoms with Gasteiger partial charge < -0.3 is 4.74 Å². The van der Waals surface area contributed by atoms with E-state index in [0.29, 0.717) is 5.56 Å². The quantitative estimate of drug-likeness (QED) is 0.705. The summed E-state index contributed by atoms with van der Waals surface area (Å²) >= 11 is 0. The molecule has 1 fully saturated rings. The normalized spacial score (nSPS) is 24.3. The molecular formula is C13H16O2. The second kappa shape index (κ2) is 4.47. The SMILES string of the molecule is C[C@H]1CC[C@@H]1COc1ccc(C=O)cc1. The Balaban J connectivity index is 1.85. The van der Waals surface area contributed by atoms with E-state index in [1.54, 1.807) is 12.1 Å². The first-order chi connectivity index (χ1) is 7.29. The van der Waals surface area contributed by atoms with Crippen LogP contribution in [-0.4, -0.2) is 12.9 Å². The minimum absolute atomic E-state index is 0.694. The summed E-state index contributed by atoms with van der Waals surface area (Å²) in [5.74, 6) is 2.38. The van der Waals surface area contributed by atoms with Crippen molar-refractivity contribution in [3.63, 3.8) is 0 Å². The second-order valence-electron chi connectivity index (χ2n) is 4.31. The van der Waals surface area contributed by atoms with Crippen LogP contribution in [0.25, 0.3) is 0 Å². The number of aldehydes is 1. The zero-order valence-electron chi connectivity index (χ0n) is 8.98. The smallest absolute Gasteiger partial charge is 0.150 e. The van der Waals surface area contributed by atoms with Gasteiger partial charge >= 0.3 is 0 Å². The summed E-state index contributed by atoms with van der Waals surface area (Å²) in [6.45, 7) is 3.08. The van der Waals surface area contributed by atoms with Gasteiger partial charge in [0.2, 0.25) is 0 Å². The fraction of sp³-hybridized carbons (Fsp3) is 0.462. The molecule has 1 aliphatic carbocycles. The average molecular weight is 204 g/mol. The number of benzene rings is 1. The lowest BCUT2D eigenvalue weighted by Gasteiger charge is -2.33. The van der Waals surface area contributed by atoms with Gasteiger partial charge in [-0.05, 0) is 48.9 Å². The Morgan fingerprint density at radius 3 is 2.53 bits per heavy atom. The Hall–Kier alpha value is -1.31. The van der Waals surface area contributed by atoms with Gasteiger partial charge in [-0.15, -0.1) is 0 Å². The molecule has 80 valence electrons. The topological polar surface area (TPSA) is 26.3 Å². The molecule has 2 atom stereocenters. The first kappa shape index (κ1) is 10.2. The van der Waals surface area contributed by atoms with E-state index in [-0.39, 0.29) is 0 Å². The summed E-state index contributed by atoms with van der Waals surface area (Å²) in [4.78, 5) is 10.4. The summed E-state index contributed by atoms with van der Waals surface area (Å²) in [5.41, 5.74) is 0.694. The lowest BCUT2D eigenvalue weighted by Crippen LogP contribution is -2.28. The maximum absolute atomic E-state index is 10.4. The van der Waals surface area contributed by atoms with Crippen molar-refractivity contribution in [3.8, 4) is 5.75 Å². The molecule has 1 aromatic carbocycles. The second-order valence-corrected chi connectivity index (χ2v) is 4.31. The number of hydrogen-bond donors (Lipinski definition) is 0. The lowest BCUT2D eigenvalue weighted by atomic mass is 9.75. The van der Waals surface area contributed by atoms with Crippen molar-refractivity contribution >= 4 is 6.29 Å². The van der Waals surface area contributed by atoms with Gasteiger partial charge in [0.1, 0.15) is 12.0 Å². The summed E-state index contributed by atoms with van der Waals surface area (Å²) in [5, 5.41) is 0. The van der Waals surface area contributed by atoms with E-state index in [1.807, 2.05) is 12.1 Å². The maximum Gasteiger partial charge on any atom is 0.150 e. The molecular weight excluding hydrogens is 188 g/mol. The molecule has 1 saturated carbocycles. The standard InChI is InChI=1S/C13H16O2/c1-10-2-5-12(10)9-15-13-6-3-11(8-14)4-7-13/h3-4,6-8,10,12H,2,5,9H2,1H3/t10-,12+/m0/s1. The third kappa shape index (κ3) is 2.38. The number of rotatable bonds is 4. The van der Waals surface area contributed by atoms with Crippen LogP contribution in [0.5, 0.6) is 5.75 Å². The fourth-order valence-electron chi connectivity index (χ4n) is 1.83. The van der Waals surface area contributed by atoms with Gasteiger partial charge in [-0.2, -0.15) is 0 Å². The predicted octanol–water partition coefficient (Wildman–Crippen LogP) is 2.92. The van der Waals surface area contributed by atoms with Crippen LogP contribution in [0.2, 0.25) is 0 Å². The average Bonchev–Trinajstić information content (AvgIpc) is 2.28. The molecule has 1 aromatic rings. The third-order valence-electron chi connectivity index (χ3n) is 3.28. The van der Waals surface area contributed by atoms with Gasteiger partial charge in [0, 0.05) is 5.56 Å². The zero-order valence-corrected chi connectivity index (χ0v) is 8.98. The summed E-state index contributed by atoms with van der Waals surface area (Å²) in [6.07, 6.45) is 3.46. The molecule has 0 heterocycles. The van der Waals surface area contributed by atoms with Crippen molar-refractivity contribution in [1.29, 1.82) is 0 Å². The predicted molar refractivity (Wildman–Crippen MR) is 59.2 cm³/mol. The molecule has 1 aliphatic rings. The van der Waals surface area contributed by atoms with Crippen LogP contribution in [0.1, 0.15) is 30.1 Å². The highest BCUT2D eigenvalue weighted by molar-refractivity contribution is 5.74. The third-order valence-corrected chi connectivity index (χ3v) is 3.28. The molecule has 0 saturated heterocycles. The molecule has 2 rings (SSSR count). The van der Waals surface area contributed by atoms with E-state index < -0.39 is 0 Å². The van der Waals surface area contributed by atoms with E-state index in [4.69, 9.17) is 4.74 Å². The van der Waals surface area contributed by atoms with E-state index in [1.165, 1.54) is 12.8 Å². The fourth-order valence-corrected chi connectivity index (χ4v) is 1.83. The zero-order chi connectivity index (χ0) is 10.7. The number of carbonyl (C=O) groups excluding carboxylic acids is 1. The highest BCUT2D eigenvalue weighted by Crippen LogP contribution is 2.33. The number of hydrogen-bond acceptors (Lipinski definition) is 2. The van der Waals surface area contributed by atoms with Gasteiger partial charge in [0.15, 0.2) is 0 Å². The highest BCUT2D eigenvalue weighted by atomic mass is 16.5. The molecule has 0 aromatic heterocycles. The van der Waals surface area contributed by atoms with Crippen LogP contribution in [0.4, 0.5) is 0 Å². The first-order valence-corrected chi connectivity index (χ1v) is 5.47. The van der Waals surface area contributed by atoms with Gasteiger partial charge in [-0.3, -0.25) is 4.79 Å². The molecule has 0 amide bonds. The van der Waals surface area contributed by atoms with Crippen LogP contribution in [0.15, 0.2) is 24.3 Å². The van der Waals surface area contributed by atoms with E-state index in [9.17, 15) is 4.79 Å². The molecule has 0 N–H and O–H groups in total. The Bertz CT molecular complexity index is 329. The van der Waals surface area contributed by atoms with Gasteiger partial charge in [0.05, 0.1) is 6.61 Å². The molecule has 0 unspecified atom stereocenters. The van der Waals surface area contributed by atoms with E-state index >= 15 is 0 Å². The van der Waals surface area contributed by atoms with E-state index in [2.05, 4.69) is 6.92 Å². The van der Waals surface area contributed by atoms with Crippen molar-refractivity contribution in [1.82, 2.24) is 0 Å². The lowest BCUT2D eigenvalue weighted by molar-refractivity contribution is 0.112. The maximum atomic E-state index is 10.4. The molecule has 15 heavy (non-hydrogen) atoms. The summed E-state index contributed by atoms with van der Waals surface area (Å²) in [7, 11) is 0. The molecule has 0 spiro atoms. The molecule has 2 nitrogen and oxygen atoms in total. The van der Waals surface area contributed by atoms with Crippen LogP contribution < -0.4 is 4.74 Å². The highest BCUT2D eigenvalue weighted by Gasteiger charge is 2.26. The molecule has 0 bridgehead atoms. The number of carbonyl (C=O) groups is 1. The van der Waals surface area contributed by atoms with Gasteiger partial charge in [0.25, 0.3) is 0 Å². The minimum atomic E-state index is 0.694. The van der Waals surface area contributed by atoms with Crippen LogP contribution in [-0.2, 0) is 0 Å². The number of ether oxygens (including phenoxy) is 1. The van der Waals surface area contributed by atoms with Crippen LogP contribution >= 0.6 is 0 Å². The van der Waals surface area contributed by atoms with Gasteiger partial charge in [-0.1, -0.05) is 6.92 Å². The monoisotopic (exact) mass is 204 g/mol. The van der Waals surface area contributed by atoms with Crippen molar-refractivity contribution in [2.24, 2.45) is 11.8 Å². The molecule has 0 aliphatic heterocycles. The van der Waals surface area contributed by atoms with Crippen molar-refractivity contribution < 1.29 is 9.53 Å². The molecule has 0 radical (unpaired) electrons. The Kier molecular flexibility index (Phi) is 3.05. The Morgan fingerprint density at radius 2 is 2.07 bits per heavy atom. The van der Waals surface area contributed by atoms with Crippen molar-refractivity contribution in [3.05, 3.63) is 29.8 Å². The summed E-state index contributed by atoms with van der Waals surface area (Å²) in [6, 6.07) is 7.28. The van der Waals surface area contributed by atoms with E-state index in [0.717, 1.165) is 30.5 Å². The largest absolute Gasteiger partial charge is 0.493 e. The van der Waals surface area contributed by atoms with Crippen molar-refractivity contribution in [2.75, 3.05) is 6.61 Å². The Morgan fingerprint density at radius 1 is 1.33 bits per heavy atom.